The Labute approximate surface area is 148 Å². The molecule has 1 heterocycles. The summed E-state index contributed by atoms with van der Waals surface area (Å²) in [4.78, 5) is 25.4. The van der Waals surface area contributed by atoms with E-state index in [9.17, 15) is 23.1 Å². The molecule has 1 atom stereocenters. The number of sulfonamides is 1. The molecule has 7 nitrogen and oxygen atoms in total. The zero-order chi connectivity index (χ0) is 18.8. The lowest BCUT2D eigenvalue weighted by Gasteiger charge is -2.33. The van der Waals surface area contributed by atoms with Crippen molar-refractivity contribution in [3.8, 4) is 0 Å². The predicted octanol–water partition coefficient (Wildman–Crippen LogP) is 1.84. The topological polar surface area (TPSA) is 104 Å². The molecule has 1 aliphatic rings. The number of hydrogen-bond donors (Lipinski definition) is 2. The number of rotatable bonds is 4. The third kappa shape index (κ3) is 4.79. The Morgan fingerprint density at radius 3 is 2.28 bits per heavy atom. The molecule has 1 aliphatic heterocycles. The van der Waals surface area contributed by atoms with Gasteiger partial charge in [-0.25, -0.2) is 17.9 Å². The molecule has 0 spiro atoms. The number of aliphatic carboxylic acids is 1. The summed E-state index contributed by atoms with van der Waals surface area (Å²) in [6.45, 7) is 5.61. The molecule has 0 unspecified atom stereocenters. The number of nitrogens with one attached hydrogen (secondary N) is 1. The Balaban J connectivity index is 2.22. The number of carboxylic acid groups (broad SMARTS) is 1. The van der Waals surface area contributed by atoms with Gasteiger partial charge in [0.1, 0.15) is 6.04 Å². The summed E-state index contributed by atoms with van der Waals surface area (Å²) >= 11 is 0. The summed E-state index contributed by atoms with van der Waals surface area (Å²) in [5.74, 6) is -1.40. The number of hydrogen-bond acceptors (Lipinski definition) is 4. The molecule has 138 valence electrons. The van der Waals surface area contributed by atoms with Crippen molar-refractivity contribution in [3.63, 3.8) is 0 Å². The third-order valence-corrected chi connectivity index (χ3v) is 5.67. The first kappa shape index (κ1) is 19.4. The maximum Gasteiger partial charge on any atom is 0.326 e. The molecule has 1 aromatic rings. The monoisotopic (exact) mass is 368 g/mol. The van der Waals surface area contributed by atoms with E-state index in [2.05, 4.69) is 4.72 Å². The van der Waals surface area contributed by atoms with Crippen LogP contribution in [0.1, 0.15) is 50.4 Å². The fraction of sp³-hybridized carbons (Fsp3) is 0.529. The summed E-state index contributed by atoms with van der Waals surface area (Å²) in [6.07, 6.45) is 1.97. The smallest absolute Gasteiger partial charge is 0.326 e. The molecular formula is C17H24N2O5S. The van der Waals surface area contributed by atoms with Crippen molar-refractivity contribution in [3.05, 3.63) is 29.8 Å². The van der Waals surface area contributed by atoms with Gasteiger partial charge < -0.3 is 10.0 Å². The molecule has 2 rings (SSSR count). The van der Waals surface area contributed by atoms with Gasteiger partial charge in [-0.3, -0.25) is 4.79 Å². The SMILES string of the molecule is CC(C)(C)NS(=O)(=O)c1ccc(C(=O)N2CCCC[C@@H]2C(=O)O)cc1. The second-order valence-corrected chi connectivity index (χ2v) is 8.91. The Morgan fingerprint density at radius 2 is 1.76 bits per heavy atom. The first-order chi connectivity index (χ1) is 11.5. The van der Waals surface area contributed by atoms with Gasteiger partial charge in [0.25, 0.3) is 5.91 Å². The normalized spacial score (nSPS) is 18.8. The molecule has 0 aliphatic carbocycles. The van der Waals surface area contributed by atoms with Crippen molar-refractivity contribution in [1.82, 2.24) is 9.62 Å². The van der Waals surface area contributed by atoms with E-state index in [1.165, 1.54) is 29.2 Å². The van der Waals surface area contributed by atoms with Gasteiger partial charge in [-0.1, -0.05) is 0 Å². The van der Waals surface area contributed by atoms with Crippen LogP contribution in [-0.2, 0) is 14.8 Å². The quantitative estimate of drug-likeness (QED) is 0.844. The molecule has 1 fully saturated rings. The molecule has 25 heavy (non-hydrogen) atoms. The minimum absolute atomic E-state index is 0.0624. The van der Waals surface area contributed by atoms with E-state index in [0.717, 1.165) is 12.8 Å². The van der Waals surface area contributed by atoms with Crippen molar-refractivity contribution >= 4 is 21.9 Å². The van der Waals surface area contributed by atoms with Crippen LogP contribution in [0.25, 0.3) is 0 Å². The molecule has 8 heteroatoms. The van der Waals surface area contributed by atoms with E-state index >= 15 is 0 Å². The zero-order valence-electron chi connectivity index (χ0n) is 14.7. The predicted molar refractivity (Wildman–Crippen MR) is 92.8 cm³/mol. The number of amides is 1. The third-order valence-electron chi connectivity index (χ3n) is 3.90. The van der Waals surface area contributed by atoms with Crippen molar-refractivity contribution in [2.75, 3.05) is 6.54 Å². The molecule has 1 amide bonds. The first-order valence-electron chi connectivity index (χ1n) is 8.19. The van der Waals surface area contributed by atoms with E-state index in [1.54, 1.807) is 20.8 Å². The second kappa shape index (κ2) is 7.13. The molecule has 0 bridgehead atoms. The molecule has 2 N–H and O–H groups in total. The van der Waals surface area contributed by atoms with Gasteiger partial charge in [0.05, 0.1) is 4.90 Å². The Kier molecular flexibility index (Phi) is 5.53. The number of nitrogens with zero attached hydrogens (tertiary/aromatic N) is 1. The van der Waals surface area contributed by atoms with Gasteiger partial charge in [0, 0.05) is 17.6 Å². The maximum atomic E-state index is 12.6. The maximum absolute atomic E-state index is 12.6. The highest BCUT2D eigenvalue weighted by Crippen LogP contribution is 2.21. The standard InChI is InChI=1S/C17H24N2O5S/c1-17(2,3)18-25(23,24)13-9-7-12(8-10-13)15(20)19-11-5-4-6-14(19)16(21)22/h7-10,14,18H,4-6,11H2,1-3H3,(H,21,22)/t14-/m1/s1. The zero-order valence-corrected chi connectivity index (χ0v) is 15.5. The van der Waals surface area contributed by atoms with Gasteiger partial charge in [-0.05, 0) is 64.3 Å². The van der Waals surface area contributed by atoms with E-state index in [4.69, 9.17) is 0 Å². The molecule has 0 aromatic heterocycles. The Morgan fingerprint density at radius 1 is 1.16 bits per heavy atom. The molecular weight excluding hydrogens is 344 g/mol. The molecule has 1 saturated heterocycles. The minimum atomic E-state index is -3.68. The van der Waals surface area contributed by atoms with Crippen LogP contribution in [0.3, 0.4) is 0 Å². The van der Waals surface area contributed by atoms with E-state index < -0.39 is 27.6 Å². The van der Waals surface area contributed by atoms with Gasteiger partial charge in [0.15, 0.2) is 0 Å². The summed E-state index contributed by atoms with van der Waals surface area (Å²) in [5, 5.41) is 9.28. The average molecular weight is 368 g/mol. The number of likely N-dealkylation sites (tertiary alicyclic amines) is 1. The van der Waals surface area contributed by atoms with Crippen molar-refractivity contribution in [1.29, 1.82) is 0 Å². The van der Waals surface area contributed by atoms with Gasteiger partial charge >= 0.3 is 5.97 Å². The van der Waals surface area contributed by atoms with Gasteiger partial charge in [-0.15, -0.1) is 0 Å². The first-order valence-corrected chi connectivity index (χ1v) is 9.67. The number of piperidine rings is 1. The molecule has 0 saturated carbocycles. The van der Waals surface area contributed by atoms with Crippen LogP contribution in [0.15, 0.2) is 29.2 Å². The van der Waals surface area contributed by atoms with Crippen LogP contribution < -0.4 is 4.72 Å². The molecule has 1 aromatic carbocycles. The largest absolute Gasteiger partial charge is 0.480 e. The highest BCUT2D eigenvalue weighted by Gasteiger charge is 2.32. The summed E-state index contributed by atoms with van der Waals surface area (Å²) < 4.78 is 27.1. The second-order valence-electron chi connectivity index (χ2n) is 7.23. The van der Waals surface area contributed by atoms with Gasteiger partial charge in [0.2, 0.25) is 10.0 Å². The molecule has 0 radical (unpaired) electrons. The Bertz CT molecular complexity index is 750. The van der Waals surface area contributed by atoms with Crippen molar-refractivity contribution in [2.24, 2.45) is 0 Å². The van der Waals surface area contributed by atoms with Crippen LogP contribution >= 0.6 is 0 Å². The average Bonchev–Trinajstić information content (AvgIpc) is 2.52. The van der Waals surface area contributed by atoms with E-state index in [0.29, 0.717) is 13.0 Å². The fourth-order valence-corrected chi connectivity index (χ4v) is 4.25. The van der Waals surface area contributed by atoms with Gasteiger partial charge in [-0.2, -0.15) is 0 Å². The Hall–Kier alpha value is -1.93. The number of benzene rings is 1. The lowest BCUT2D eigenvalue weighted by atomic mass is 10.0. The van der Waals surface area contributed by atoms with Crippen LogP contribution in [-0.4, -0.2) is 48.4 Å². The number of carbonyl (C=O) groups excluding carboxylic acids is 1. The van der Waals surface area contributed by atoms with Crippen LogP contribution in [0.5, 0.6) is 0 Å². The summed E-state index contributed by atoms with van der Waals surface area (Å²) in [5.41, 5.74) is -0.335. The summed E-state index contributed by atoms with van der Waals surface area (Å²) in [7, 11) is -3.68. The van der Waals surface area contributed by atoms with Crippen molar-refractivity contribution in [2.45, 2.75) is 56.5 Å². The van der Waals surface area contributed by atoms with Crippen LogP contribution in [0, 0.1) is 0 Å². The highest BCUT2D eigenvalue weighted by molar-refractivity contribution is 7.89. The lowest BCUT2D eigenvalue weighted by Crippen LogP contribution is -2.48. The lowest BCUT2D eigenvalue weighted by molar-refractivity contribution is -0.143. The van der Waals surface area contributed by atoms with Crippen molar-refractivity contribution < 1.29 is 23.1 Å². The highest BCUT2D eigenvalue weighted by atomic mass is 32.2. The summed E-state index contributed by atoms with van der Waals surface area (Å²) in [6, 6.07) is 4.74. The number of carbonyl (C=O) groups is 2. The minimum Gasteiger partial charge on any atom is -0.480 e. The fourth-order valence-electron chi connectivity index (χ4n) is 2.84. The van der Waals surface area contributed by atoms with Crippen LogP contribution in [0.4, 0.5) is 0 Å². The number of carboxylic acids is 1. The van der Waals surface area contributed by atoms with E-state index in [-0.39, 0.29) is 16.4 Å². The van der Waals surface area contributed by atoms with Crippen LogP contribution in [0.2, 0.25) is 0 Å². The van der Waals surface area contributed by atoms with E-state index in [1.807, 2.05) is 0 Å².